The number of rotatable bonds is 11. The first-order valence-corrected chi connectivity index (χ1v) is 12.7. The fraction of sp³-hybridized carbons (Fsp3) is 0.370. The largest absolute Gasteiger partial charge is 0.384 e. The second-order valence-corrected chi connectivity index (χ2v) is 9.25. The lowest BCUT2D eigenvalue weighted by molar-refractivity contribution is 0.281. The van der Waals surface area contributed by atoms with Crippen molar-refractivity contribution in [2.75, 3.05) is 26.2 Å². The van der Waals surface area contributed by atoms with Crippen LogP contribution in [0.25, 0.3) is 5.65 Å². The van der Waals surface area contributed by atoms with Gasteiger partial charge in [-0.05, 0) is 55.9 Å². The first-order valence-electron chi connectivity index (χ1n) is 12.3. The van der Waals surface area contributed by atoms with Gasteiger partial charge in [0.2, 0.25) is 0 Å². The summed E-state index contributed by atoms with van der Waals surface area (Å²) in [5, 5.41) is 20.9. The van der Waals surface area contributed by atoms with Crippen molar-refractivity contribution in [2.45, 2.75) is 39.0 Å². The fourth-order valence-electron chi connectivity index (χ4n) is 4.42. The van der Waals surface area contributed by atoms with Gasteiger partial charge in [-0.3, -0.25) is 5.41 Å². The molecule has 1 saturated heterocycles. The molecule has 2 aromatic heterocycles. The van der Waals surface area contributed by atoms with Crippen LogP contribution < -0.4 is 10.6 Å². The predicted octanol–water partition coefficient (Wildman–Crippen LogP) is 4.58. The molecule has 0 radical (unpaired) electrons. The SMILES string of the molecule is C=C(CN/C=C(/NCCc1cnn2cccnc12)C(=N)c1cc(Cl)ccc1CC)N1CCCCC1. The summed E-state index contributed by atoms with van der Waals surface area (Å²) >= 11 is 6.30. The Hall–Kier alpha value is -3.32. The highest BCUT2D eigenvalue weighted by atomic mass is 35.5. The van der Waals surface area contributed by atoms with Crippen LogP contribution in [0.5, 0.6) is 0 Å². The van der Waals surface area contributed by atoms with Gasteiger partial charge in [0.05, 0.1) is 24.2 Å². The summed E-state index contributed by atoms with van der Waals surface area (Å²) in [5.74, 6) is 0. The Balaban J connectivity index is 1.48. The normalized spacial score (nSPS) is 14.2. The third-order valence-corrected chi connectivity index (χ3v) is 6.64. The van der Waals surface area contributed by atoms with Crippen LogP contribution >= 0.6 is 11.6 Å². The lowest BCUT2D eigenvalue weighted by atomic mass is 9.99. The fourth-order valence-corrected chi connectivity index (χ4v) is 4.60. The minimum atomic E-state index is 0.415. The van der Waals surface area contributed by atoms with Crippen LogP contribution in [0.1, 0.15) is 42.9 Å². The monoisotopic (exact) mass is 491 g/mol. The molecule has 0 atom stereocenters. The Morgan fingerprint density at radius 3 is 2.86 bits per heavy atom. The maximum Gasteiger partial charge on any atom is 0.158 e. The second kappa shape index (κ2) is 11.9. The molecule has 0 bridgehead atoms. The number of nitrogens with zero attached hydrogens (tertiary/aromatic N) is 4. The molecule has 3 aromatic rings. The van der Waals surface area contributed by atoms with E-state index in [4.69, 9.17) is 17.0 Å². The maximum absolute atomic E-state index is 9.00. The van der Waals surface area contributed by atoms with Crippen LogP contribution in [-0.2, 0) is 12.8 Å². The van der Waals surface area contributed by atoms with Gasteiger partial charge in [-0.15, -0.1) is 0 Å². The Labute approximate surface area is 212 Å². The van der Waals surface area contributed by atoms with Crippen molar-refractivity contribution in [3.63, 3.8) is 0 Å². The molecular weight excluding hydrogens is 458 g/mol. The van der Waals surface area contributed by atoms with Gasteiger partial charge in [-0.25, -0.2) is 9.50 Å². The second-order valence-electron chi connectivity index (χ2n) is 8.82. The predicted molar refractivity (Wildman–Crippen MR) is 143 cm³/mol. The average molecular weight is 492 g/mol. The van der Waals surface area contributed by atoms with Crippen molar-refractivity contribution in [3.05, 3.63) is 88.7 Å². The zero-order valence-corrected chi connectivity index (χ0v) is 21.1. The van der Waals surface area contributed by atoms with Crippen molar-refractivity contribution in [1.82, 2.24) is 30.1 Å². The van der Waals surface area contributed by atoms with Gasteiger partial charge in [-0.2, -0.15) is 5.10 Å². The number of aryl methyl sites for hydroxylation is 1. The van der Waals surface area contributed by atoms with Gasteiger partial charge in [0.25, 0.3) is 0 Å². The number of fused-ring (bicyclic) bond motifs is 1. The van der Waals surface area contributed by atoms with Gasteiger partial charge >= 0.3 is 0 Å². The van der Waals surface area contributed by atoms with Crippen LogP contribution in [-0.4, -0.2) is 51.4 Å². The van der Waals surface area contributed by atoms with Gasteiger partial charge in [0, 0.05) is 60.1 Å². The number of nitrogens with one attached hydrogen (secondary N) is 3. The molecule has 0 aliphatic carbocycles. The van der Waals surface area contributed by atoms with Crippen LogP contribution in [0.3, 0.4) is 0 Å². The number of piperidine rings is 1. The van der Waals surface area contributed by atoms with Gasteiger partial charge in [-0.1, -0.05) is 31.2 Å². The van der Waals surface area contributed by atoms with E-state index in [1.165, 1.54) is 19.3 Å². The first-order chi connectivity index (χ1) is 17.1. The van der Waals surface area contributed by atoms with E-state index in [9.17, 15) is 0 Å². The Morgan fingerprint density at radius 1 is 1.23 bits per heavy atom. The van der Waals surface area contributed by atoms with Crippen molar-refractivity contribution in [1.29, 1.82) is 5.41 Å². The molecule has 35 heavy (non-hydrogen) atoms. The Bertz CT molecular complexity index is 1210. The summed E-state index contributed by atoms with van der Waals surface area (Å²) in [6.45, 7) is 9.79. The van der Waals surface area contributed by atoms with Crippen molar-refractivity contribution >= 4 is 23.0 Å². The molecule has 3 heterocycles. The average Bonchev–Trinajstić information content (AvgIpc) is 3.31. The topological polar surface area (TPSA) is 81.3 Å². The molecule has 3 N–H and O–H groups in total. The van der Waals surface area contributed by atoms with Gasteiger partial charge in [0.15, 0.2) is 5.65 Å². The zero-order chi connectivity index (χ0) is 24.6. The highest BCUT2D eigenvalue weighted by Crippen LogP contribution is 2.20. The quantitative estimate of drug-likeness (QED) is 0.342. The molecule has 1 fully saturated rings. The molecule has 184 valence electrons. The molecule has 0 spiro atoms. The minimum absolute atomic E-state index is 0.415. The molecule has 0 unspecified atom stereocenters. The highest BCUT2D eigenvalue weighted by molar-refractivity contribution is 6.31. The van der Waals surface area contributed by atoms with Crippen LogP contribution in [0, 0.1) is 5.41 Å². The summed E-state index contributed by atoms with van der Waals surface area (Å²) < 4.78 is 1.78. The standard InChI is InChI=1S/C27H34ClN7/c1-3-21-8-9-23(28)16-24(21)26(29)25(19-30-17-20(2)34-13-5-4-6-14-34)31-12-10-22-18-33-35-15-7-11-32-27(22)35/h7-9,11,15-16,18-19,29-31H,2-6,10,12-14,17H2,1H3/b25-19+,29-26?. The van der Waals surface area contributed by atoms with E-state index in [1.54, 1.807) is 10.7 Å². The van der Waals surface area contributed by atoms with E-state index in [1.807, 2.05) is 42.9 Å². The van der Waals surface area contributed by atoms with Crippen LogP contribution in [0.15, 0.2) is 67.0 Å². The molecule has 8 heteroatoms. The molecular formula is C27H34ClN7. The number of aromatic nitrogens is 3. The lowest BCUT2D eigenvalue weighted by Gasteiger charge is -2.30. The molecule has 7 nitrogen and oxygen atoms in total. The molecule has 1 aromatic carbocycles. The van der Waals surface area contributed by atoms with E-state index in [0.29, 0.717) is 23.8 Å². The van der Waals surface area contributed by atoms with Crippen molar-refractivity contribution in [3.8, 4) is 0 Å². The first kappa shape index (κ1) is 24.8. The van der Waals surface area contributed by atoms with Gasteiger partial charge in [0.1, 0.15) is 0 Å². The van der Waals surface area contributed by atoms with E-state index in [-0.39, 0.29) is 0 Å². The van der Waals surface area contributed by atoms with E-state index < -0.39 is 0 Å². The number of hydrogen-bond donors (Lipinski definition) is 3. The third-order valence-electron chi connectivity index (χ3n) is 6.41. The molecule has 4 rings (SSSR count). The number of allylic oxidation sites excluding steroid dienone is 1. The molecule has 0 amide bonds. The molecule has 1 aliphatic rings. The smallest absolute Gasteiger partial charge is 0.158 e. The third kappa shape index (κ3) is 6.22. The maximum atomic E-state index is 9.00. The molecule has 0 saturated carbocycles. The summed E-state index contributed by atoms with van der Waals surface area (Å²) in [6, 6.07) is 7.62. The van der Waals surface area contributed by atoms with E-state index in [0.717, 1.165) is 59.7 Å². The summed E-state index contributed by atoms with van der Waals surface area (Å²) in [7, 11) is 0. The number of benzene rings is 1. The summed E-state index contributed by atoms with van der Waals surface area (Å²) in [4.78, 5) is 6.80. The Kier molecular flexibility index (Phi) is 8.42. The summed E-state index contributed by atoms with van der Waals surface area (Å²) in [6.07, 6.45) is 12.7. The number of hydrogen-bond acceptors (Lipinski definition) is 6. The number of halogens is 1. The Morgan fingerprint density at radius 2 is 2.06 bits per heavy atom. The lowest BCUT2D eigenvalue weighted by Crippen LogP contribution is -2.33. The minimum Gasteiger partial charge on any atom is -0.384 e. The van der Waals surface area contributed by atoms with E-state index in [2.05, 4.69) is 39.1 Å². The zero-order valence-electron chi connectivity index (χ0n) is 20.4. The highest BCUT2D eigenvalue weighted by Gasteiger charge is 2.15. The van der Waals surface area contributed by atoms with Gasteiger partial charge < -0.3 is 15.5 Å². The van der Waals surface area contributed by atoms with Crippen LogP contribution in [0.2, 0.25) is 5.02 Å². The summed E-state index contributed by atoms with van der Waals surface area (Å²) in [5.41, 5.74) is 6.07. The van der Waals surface area contributed by atoms with E-state index >= 15 is 0 Å². The van der Waals surface area contributed by atoms with Crippen molar-refractivity contribution in [2.24, 2.45) is 0 Å². The number of likely N-dealkylation sites (tertiary alicyclic amines) is 1. The van der Waals surface area contributed by atoms with Crippen molar-refractivity contribution < 1.29 is 0 Å². The molecule has 1 aliphatic heterocycles. The van der Waals surface area contributed by atoms with Crippen LogP contribution in [0.4, 0.5) is 0 Å².